The molecule has 1 aliphatic heterocycles. The van der Waals surface area contributed by atoms with Gasteiger partial charge in [-0.15, -0.1) is 10.2 Å². The maximum Gasteiger partial charge on any atom is 0.253 e. The Morgan fingerprint density at radius 2 is 1.93 bits per heavy atom. The summed E-state index contributed by atoms with van der Waals surface area (Å²) in [6.07, 6.45) is 5.12. The monoisotopic (exact) mass is 379 g/mol. The Morgan fingerprint density at radius 1 is 1.18 bits per heavy atom. The zero-order chi connectivity index (χ0) is 19.5. The molecule has 144 valence electrons. The molecule has 4 rings (SSSR count). The van der Waals surface area contributed by atoms with Crippen molar-refractivity contribution < 1.29 is 13.9 Å². The fourth-order valence-corrected chi connectivity index (χ4v) is 3.30. The van der Waals surface area contributed by atoms with Crippen molar-refractivity contribution in [1.82, 2.24) is 25.1 Å². The van der Waals surface area contributed by atoms with E-state index in [1.807, 2.05) is 11.8 Å². The molecule has 3 aromatic rings. The van der Waals surface area contributed by atoms with Crippen LogP contribution in [0, 0.1) is 6.92 Å². The second kappa shape index (κ2) is 7.75. The van der Waals surface area contributed by atoms with Crippen molar-refractivity contribution in [3.05, 3.63) is 53.9 Å². The number of methoxy groups -OCH3 is 1. The zero-order valence-corrected chi connectivity index (χ0v) is 15.8. The van der Waals surface area contributed by atoms with Gasteiger partial charge in [0.1, 0.15) is 11.6 Å². The van der Waals surface area contributed by atoms with Gasteiger partial charge in [-0.25, -0.2) is 9.97 Å². The van der Waals surface area contributed by atoms with Crippen LogP contribution in [-0.2, 0) is 0 Å². The van der Waals surface area contributed by atoms with E-state index in [1.54, 1.807) is 43.8 Å². The standard InChI is InChI=1S/C20H21N5O3/c1-13-21-10-16(11-22-13)19-24-23-18(28-19)15-4-3-9-25(12-15)20(26)14-5-7-17(27-2)8-6-14/h5-8,10-11,15H,3-4,9,12H2,1-2H3/t15-/m1/s1. The maximum atomic E-state index is 12.8. The van der Waals surface area contributed by atoms with Crippen molar-refractivity contribution in [2.75, 3.05) is 20.2 Å². The molecule has 1 aliphatic rings. The number of carbonyl (C=O) groups excluding carboxylic acids is 1. The van der Waals surface area contributed by atoms with E-state index in [0.717, 1.165) is 18.6 Å². The number of piperidine rings is 1. The first-order valence-electron chi connectivity index (χ1n) is 9.20. The number of hydrogen-bond donors (Lipinski definition) is 0. The highest BCUT2D eigenvalue weighted by Crippen LogP contribution is 2.29. The summed E-state index contributed by atoms with van der Waals surface area (Å²) in [5, 5.41) is 8.33. The number of amides is 1. The Bertz CT molecular complexity index is 953. The summed E-state index contributed by atoms with van der Waals surface area (Å²) < 4.78 is 11.0. The second-order valence-corrected chi connectivity index (χ2v) is 6.78. The van der Waals surface area contributed by atoms with Gasteiger partial charge in [-0.1, -0.05) is 0 Å². The van der Waals surface area contributed by atoms with Crippen LogP contribution in [0.5, 0.6) is 5.75 Å². The van der Waals surface area contributed by atoms with E-state index in [9.17, 15) is 4.79 Å². The topological polar surface area (TPSA) is 94.2 Å². The molecule has 1 aromatic carbocycles. The number of aromatic nitrogens is 4. The highest BCUT2D eigenvalue weighted by atomic mass is 16.5. The molecule has 0 aliphatic carbocycles. The third kappa shape index (κ3) is 3.71. The van der Waals surface area contributed by atoms with Crippen molar-refractivity contribution in [2.45, 2.75) is 25.7 Å². The van der Waals surface area contributed by atoms with E-state index in [0.29, 0.717) is 41.8 Å². The SMILES string of the molecule is COc1ccc(C(=O)N2CCC[C@@H](c3nnc(-c4cnc(C)nc4)o3)C2)cc1. The van der Waals surface area contributed by atoms with E-state index in [1.165, 1.54) is 0 Å². The molecule has 0 N–H and O–H groups in total. The Morgan fingerprint density at radius 3 is 2.64 bits per heavy atom. The van der Waals surface area contributed by atoms with Crippen LogP contribution in [-0.4, -0.2) is 51.2 Å². The molecule has 2 aromatic heterocycles. The molecule has 8 nitrogen and oxygen atoms in total. The van der Waals surface area contributed by atoms with Crippen LogP contribution < -0.4 is 4.74 Å². The van der Waals surface area contributed by atoms with Crippen molar-refractivity contribution >= 4 is 5.91 Å². The molecule has 1 amide bonds. The molecule has 0 unspecified atom stereocenters. The molecule has 0 radical (unpaired) electrons. The van der Waals surface area contributed by atoms with Gasteiger partial charge in [0.15, 0.2) is 0 Å². The number of ether oxygens (including phenoxy) is 1. The molecule has 1 fully saturated rings. The number of carbonyl (C=O) groups is 1. The normalized spacial score (nSPS) is 16.8. The highest BCUT2D eigenvalue weighted by Gasteiger charge is 2.29. The van der Waals surface area contributed by atoms with Crippen molar-refractivity contribution in [1.29, 1.82) is 0 Å². The number of rotatable bonds is 4. The van der Waals surface area contributed by atoms with E-state index < -0.39 is 0 Å². The summed E-state index contributed by atoms with van der Waals surface area (Å²) in [5.41, 5.74) is 1.33. The van der Waals surface area contributed by atoms with Crippen LogP contribution in [0.25, 0.3) is 11.5 Å². The Balaban J connectivity index is 1.47. The molecule has 0 spiro atoms. The van der Waals surface area contributed by atoms with Gasteiger partial charge in [-0.3, -0.25) is 4.79 Å². The molecule has 8 heteroatoms. The predicted molar refractivity (Wildman–Crippen MR) is 101 cm³/mol. The summed E-state index contributed by atoms with van der Waals surface area (Å²) in [4.78, 5) is 23.0. The van der Waals surface area contributed by atoms with Crippen LogP contribution in [0.2, 0.25) is 0 Å². The van der Waals surface area contributed by atoms with Crippen LogP contribution in [0.15, 0.2) is 41.1 Å². The summed E-state index contributed by atoms with van der Waals surface area (Å²) in [6, 6.07) is 7.16. The molecule has 3 heterocycles. The van der Waals surface area contributed by atoms with E-state index in [2.05, 4.69) is 20.2 Å². The third-order valence-electron chi connectivity index (χ3n) is 4.86. The third-order valence-corrected chi connectivity index (χ3v) is 4.86. The van der Waals surface area contributed by atoms with Gasteiger partial charge in [0, 0.05) is 31.0 Å². The van der Waals surface area contributed by atoms with Gasteiger partial charge in [-0.2, -0.15) is 0 Å². The van der Waals surface area contributed by atoms with Crippen LogP contribution in [0.1, 0.15) is 40.8 Å². The first-order chi connectivity index (χ1) is 13.6. The summed E-state index contributed by atoms with van der Waals surface area (Å²) in [7, 11) is 1.60. The fraction of sp³-hybridized carbons (Fsp3) is 0.350. The van der Waals surface area contributed by atoms with Crippen LogP contribution in [0.4, 0.5) is 0 Å². The number of likely N-dealkylation sites (tertiary alicyclic amines) is 1. The number of aryl methyl sites for hydroxylation is 1. The van der Waals surface area contributed by atoms with Gasteiger partial charge >= 0.3 is 0 Å². The quantitative estimate of drug-likeness (QED) is 0.688. The Kier molecular flexibility index (Phi) is 5.01. The lowest BCUT2D eigenvalue weighted by Crippen LogP contribution is -2.39. The number of hydrogen-bond acceptors (Lipinski definition) is 7. The Hall–Kier alpha value is -3.29. The molecule has 1 atom stereocenters. The van der Waals surface area contributed by atoms with Gasteiger partial charge in [0.25, 0.3) is 11.8 Å². The molecule has 0 bridgehead atoms. The van der Waals surface area contributed by atoms with Crippen LogP contribution in [0.3, 0.4) is 0 Å². The van der Waals surface area contributed by atoms with E-state index >= 15 is 0 Å². The molecule has 28 heavy (non-hydrogen) atoms. The van der Waals surface area contributed by atoms with Crippen molar-refractivity contribution in [3.8, 4) is 17.2 Å². The van der Waals surface area contributed by atoms with Gasteiger partial charge in [0.05, 0.1) is 18.6 Å². The zero-order valence-electron chi connectivity index (χ0n) is 15.8. The maximum absolute atomic E-state index is 12.8. The van der Waals surface area contributed by atoms with E-state index in [4.69, 9.17) is 9.15 Å². The van der Waals surface area contributed by atoms with Crippen LogP contribution >= 0.6 is 0 Å². The van der Waals surface area contributed by atoms with Crippen molar-refractivity contribution in [3.63, 3.8) is 0 Å². The molecular formula is C20H21N5O3. The minimum atomic E-state index is -0.000901. The van der Waals surface area contributed by atoms with E-state index in [-0.39, 0.29) is 11.8 Å². The Labute approximate surface area is 162 Å². The number of nitrogens with zero attached hydrogens (tertiary/aromatic N) is 5. The largest absolute Gasteiger partial charge is 0.497 e. The number of benzene rings is 1. The average molecular weight is 379 g/mol. The smallest absolute Gasteiger partial charge is 0.253 e. The summed E-state index contributed by atoms with van der Waals surface area (Å²) >= 11 is 0. The fourth-order valence-electron chi connectivity index (χ4n) is 3.30. The predicted octanol–water partition coefficient (Wildman–Crippen LogP) is 2.86. The minimum absolute atomic E-state index is 0.000901. The minimum Gasteiger partial charge on any atom is -0.497 e. The second-order valence-electron chi connectivity index (χ2n) is 6.78. The van der Waals surface area contributed by atoms with Crippen molar-refractivity contribution in [2.24, 2.45) is 0 Å². The highest BCUT2D eigenvalue weighted by molar-refractivity contribution is 5.94. The lowest BCUT2D eigenvalue weighted by atomic mass is 9.97. The van der Waals surface area contributed by atoms with Gasteiger partial charge in [-0.05, 0) is 44.0 Å². The molecular weight excluding hydrogens is 358 g/mol. The molecule has 0 saturated carbocycles. The summed E-state index contributed by atoms with van der Waals surface area (Å²) in [6.45, 7) is 3.09. The van der Waals surface area contributed by atoms with Gasteiger partial charge < -0.3 is 14.1 Å². The summed E-state index contributed by atoms with van der Waals surface area (Å²) in [5.74, 6) is 2.37. The van der Waals surface area contributed by atoms with Gasteiger partial charge in [0.2, 0.25) is 5.89 Å². The first-order valence-corrected chi connectivity index (χ1v) is 9.20. The lowest BCUT2D eigenvalue weighted by molar-refractivity contribution is 0.0698. The average Bonchev–Trinajstić information content (AvgIpc) is 3.24. The lowest BCUT2D eigenvalue weighted by Gasteiger charge is -2.31. The molecule has 1 saturated heterocycles. The first kappa shape index (κ1) is 18.1.